The fourth-order valence-corrected chi connectivity index (χ4v) is 4.72. The third-order valence-electron chi connectivity index (χ3n) is 6.15. The molecule has 2 aliphatic rings. The summed E-state index contributed by atoms with van der Waals surface area (Å²) >= 11 is 0. The molecule has 1 heterocycles. The number of rotatable bonds is 2. The Hall–Kier alpha value is -2.87. The van der Waals surface area contributed by atoms with Crippen LogP contribution in [0.25, 0.3) is 0 Å². The number of hydrazone groups is 1. The Labute approximate surface area is 167 Å². The third kappa shape index (κ3) is 2.93. The van der Waals surface area contributed by atoms with E-state index in [2.05, 4.69) is 91.7 Å². The lowest BCUT2D eigenvalue weighted by molar-refractivity contribution is 0.505. The predicted octanol–water partition coefficient (Wildman–Crippen LogP) is 6.22. The van der Waals surface area contributed by atoms with E-state index in [4.69, 9.17) is 5.10 Å². The summed E-state index contributed by atoms with van der Waals surface area (Å²) in [6, 6.07) is 26.8. The monoisotopic (exact) mass is 366 g/mol. The SMILES string of the molecule is Cc1ccc([C@H]2[C@@H]3CCCc4ccc(C)cc4C3=NN2c2ccccc2)cc1. The molecule has 0 aromatic heterocycles. The second-order valence-electron chi connectivity index (χ2n) is 8.18. The third-order valence-corrected chi connectivity index (χ3v) is 6.15. The molecule has 2 heteroatoms. The van der Waals surface area contributed by atoms with Gasteiger partial charge < -0.3 is 0 Å². The maximum atomic E-state index is 5.25. The number of hydrogen-bond acceptors (Lipinski definition) is 2. The largest absolute Gasteiger partial charge is 0.257 e. The zero-order valence-corrected chi connectivity index (χ0v) is 16.6. The Morgan fingerprint density at radius 2 is 1.61 bits per heavy atom. The summed E-state index contributed by atoms with van der Waals surface area (Å²) in [4.78, 5) is 0. The normalized spacial score (nSPS) is 20.9. The molecule has 0 saturated heterocycles. The summed E-state index contributed by atoms with van der Waals surface area (Å²) in [6.07, 6.45) is 3.54. The second kappa shape index (κ2) is 6.94. The van der Waals surface area contributed by atoms with Crippen LogP contribution in [0.15, 0.2) is 77.9 Å². The van der Waals surface area contributed by atoms with Crippen LogP contribution in [0.5, 0.6) is 0 Å². The molecule has 2 nitrogen and oxygen atoms in total. The molecule has 0 amide bonds. The van der Waals surface area contributed by atoms with Crippen LogP contribution in [0.4, 0.5) is 5.69 Å². The van der Waals surface area contributed by atoms with Crippen molar-refractivity contribution < 1.29 is 0 Å². The average Bonchev–Trinajstić information content (AvgIpc) is 3.00. The van der Waals surface area contributed by atoms with Crippen molar-refractivity contribution in [1.29, 1.82) is 0 Å². The molecule has 0 spiro atoms. The fraction of sp³-hybridized carbons (Fsp3) is 0.269. The number of aryl methyl sites for hydroxylation is 3. The first-order valence-corrected chi connectivity index (χ1v) is 10.3. The quantitative estimate of drug-likeness (QED) is 0.525. The van der Waals surface area contributed by atoms with E-state index < -0.39 is 0 Å². The topological polar surface area (TPSA) is 15.6 Å². The van der Waals surface area contributed by atoms with Crippen molar-refractivity contribution >= 4 is 11.4 Å². The second-order valence-corrected chi connectivity index (χ2v) is 8.18. The number of nitrogens with zero attached hydrogens (tertiary/aromatic N) is 2. The summed E-state index contributed by atoms with van der Waals surface area (Å²) in [5, 5.41) is 7.52. The molecule has 0 N–H and O–H groups in total. The highest BCUT2D eigenvalue weighted by Gasteiger charge is 2.40. The first kappa shape index (κ1) is 17.2. The maximum absolute atomic E-state index is 5.25. The molecule has 0 bridgehead atoms. The van der Waals surface area contributed by atoms with Crippen LogP contribution in [0, 0.1) is 19.8 Å². The van der Waals surface area contributed by atoms with Gasteiger partial charge in [-0.05, 0) is 62.4 Å². The molecule has 3 aromatic rings. The van der Waals surface area contributed by atoms with E-state index in [1.807, 2.05) is 0 Å². The number of hydrogen-bond donors (Lipinski definition) is 0. The molecule has 1 aliphatic heterocycles. The Kier molecular flexibility index (Phi) is 4.27. The van der Waals surface area contributed by atoms with E-state index >= 15 is 0 Å². The van der Waals surface area contributed by atoms with Crippen LogP contribution in [0.3, 0.4) is 0 Å². The van der Waals surface area contributed by atoms with Gasteiger partial charge >= 0.3 is 0 Å². The first-order chi connectivity index (χ1) is 13.7. The zero-order valence-electron chi connectivity index (χ0n) is 16.6. The minimum absolute atomic E-state index is 0.254. The highest BCUT2D eigenvalue weighted by Crippen LogP contribution is 2.44. The minimum Gasteiger partial charge on any atom is -0.257 e. The van der Waals surface area contributed by atoms with Crippen molar-refractivity contribution in [2.75, 3.05) is 5.01 Å². The van der Waals surface area contributed by atoms with Crippen LogP contribution in [0.2, 0.25) is 0 Å². The van der Waals surface area contributed by atoms with Gasteiger partial charge in [-0.3, -0.25) is 5.01 Å². The fourth-order valence-electron chi connectivity index (χ4n) is 4.72. The van der Waals surface area contributed by atoms with E-state index in [-0.39, 0.29) is 6.04 Å². The Morgan fingerprint density at radius 3 is 2.39 bits per heavy atom. The Bertz CT molecular complexity index is 1020. The van der Waals surface area contributed by atoms with Gasteiger partial charge in [0.15, 0.2) is 0 Å². The molecule has 0 saturated carbocycles. The number of fused-ring (bicyclic) bond motifs is 3. The number of para-hydroxylation sites is 1. The summed E-state index contributed by atoms with van der Waals surface area (Å²) in [7, 11) is 0. The molecule has 0 radical (unpaired) electrons. The summed E-state index contributed by atoms with van der Waals surface area (Å²) < 4.78 is 0. The van der Waals surface area contributed by atoms with Crippen molar-refractivity contribution in [3.8, 4) is 0 Å². The van der Waals surface area contributed by atoms with Crippen LogP contribution in [-0.4, -0.2) is 5.71 Å². The van der Waals surface area contributed by atoms with Crippen molar-refractivity contribution in [3.63, 3.8) is 0 Å². The highest BCUT2D eigenvalue weighted by atomic mass is 15.5. The molecule has 0 unspecified atom stereocenters. The van der Waals surface area contributed by atoms with E-state index in [1.54, 1.807) is 0 Å². The van der Waals surface area contributed by atoms with Crippen LogP contribution in [-0.2, 0) is 6.42 Å². The van der Waals surface area contributed by atoms with Crippen LogP contribution < -0.4 is 5.01 Å². The van der Waals surface area contributed by atoms with Crippen molar-refractivity contribution in [2.24, 2.45) is 11.0 Å². The molecule has 3 aromatic carbocycles. The van der Waals surface area contributed by atoms with Gasteiger partial charge in [0, 0.05) is 11.5 Å². The van der Waals surface area contributed by atoms with Crippen LogP contribution >= 0.6 is 0 Å². The van der Waals surface area contributed by atoms with Gasteiger partial charge in [0.1, 0.15) is 0 Å². The molecule has 0 fully saturated rings. The lowest BCUT2D eigenvalue weighted by Crippen LogP contribution is -2.25. The first-order valence-electron chi connectivity index (χ1n) is 10.3. The van der Waals surface area contributed by atoms with Crippen molar-refractivity contribution in [1.82, 2.24) is 0 Å². The van der Waals surface area contributed by atoms with Crippen LogP contribution in [0.1, 0.15) is 46.7 Å². The number of benzene rings is 3. The molecule has 28 heavy (non-hydrogen) atoms. The smallest absolute Gasteiger partial charge is 0.0860 e. The van der Waals surface area contributed by atoms with E-state index in [0.29, 0.717) is 5.92 Å². The molecule has 140 valence electrons. The predicted molar refractivity (Wildman–Crippen MR) is 117 cm³/mol. The highest BCUT2D eigenvalue weighted by molar-refractivity contribution is 6.06. The van der Waals surface area contributed by atoms with Gasteiger partial charge in [-0.15, -0.1) is 0 Å². The maximum Gasteiger partial charge on any atom is 0.0860 e. The summed E-state index contributed by atoms with van der Waals surface area (Å²) in [5.41, 5.74) is 9.22. The van der Waals surface area contributed by atoms with Gasteiger partial charge in [-0.1, -0.05) is 65.7 Å². The van der Waals surface area contributed by atoms with E-state index in [9.17, 15) is 0 Å². The Balaban J connectivity index is 1.67. The molecule has 5 rings (SSSR count). The van der Waals surface area contributed by atoms with Gasteiger partial charge in [0.05, 0.1) is 17.4 Å². The molecular weight excluding hydrogens is 340 g/mol. The minimum atomic E-state index is 0.254. The molecule has 1 aliphatic carbocycles. The Morgan fingerprint density at radius 1 is 0.857 bits per heavy atom. The van der Waals surface area contributed by atoms with E-state index in [1.165, 1.54) is 52.1 Å². The zero-order chi connectivity index (χ0) is 19.1. The van der Waals surface area contributed by atoms with Gasteiger partial charge in [-0.2, -0.15) is 5.10 Å². The van der Waals surface area contributed by atoms with Gasteiger partial charge in [0.25, 0.3) is 0 Å². The number of anilines is 1. The summed E-state index contributed by atoms with van der Waals surface area (Å²) in [5.74, 6) is 0.422. The molecular formula is C26H26N2. The van der Waals surface area contributed by atoms with Gasteiger partial charge in [-0.25, -0.2) is 0 Å². The van der Waals surface area contributed by atoms with E-state index in [0.717, 1.165) is 6.42 Å². The standard InChI is InChI=1S/C26H26N2/c1-18-11-15-21(16-12-18)26-23-10-6-7-20-14-13-19(2)17-24(20)25(23)27-28(26)22-8-4-3-5-9-22/h3-5,8-9,11-17,23,26H,6-7,10H2,1-2H3/t23-,26+/m1/s1. The van der Waals surface area contributed by atoms with Crippen molar-refractivity contribution in [3.05, 3.63) is 101 Å². The van der Waals surface area contributed by atoms with Crippen molar-refractivity contribution in [2.45, 2.75) is 39.2 Å². The summed E-state index contributed by atoms with van der Waals surface area (Å²) in [6.45, 7) is 4.34. The molecule has 2 atom stereocenters. The van der Waals surface area contributed by atoms with Gasteiger partial charge in [0.2, 0.25) is 0 Å². The lowest BCUT2D eigenvalue weighted by Gasteiger charge is -2.28. The lowest BCUT2D eigenvalue weighted by atomic mass is 9.84. The average molecular weight is 367 g/mol.